The molecule has 3 aliphatic rings. The number of aromatic amines is 1. The monoisotopic (exact) mass is 425 g/mol. The molecular formula is C24H35N5O2. The van der Waals surface area contributed by atoms with Gasteiger partial charge in [0, 0.05) is 31.0 Å². The van der Waals surface area contributed by atoms with E-state index >= 15 is 0 Å². The first-order valence-corrected chi connectivity index (χ1v) is 12.2. The Morgan fingerprint density at radius 3 is 2.65 bits per heavy atom. The fourth-order valence-electron chi connectivity index (χ4n) is 5.86. The molecule has 1 amide bonds. The van der Waals surface area contributed by atoms with E-state index in [4.69, 9.17) is 4.98 Å². The van der Waals surface area contributed by atoms with Crippen molar-refractivity contribution in [3.63, 3.8) is 0 Å². The van der Waals surface area contributed by atoms with Gasteiger partial charge in [-0.3, -0.25) is 19.6 Å². The van der Waals surface area contributed by atoms with Gasteiger partial charge in [-0.05, 0) is 32.2 Å². The van der Waals surface area contributed by atoms with Gasteiger partial charge in [0.15, 0.2) is 5.65 Å². The smallest absolute Gasteiger partial charge is 0.277 e. The lowest BCUT2D eigenvalue weighted by atomic mass is 9.89. The first kappa shape index (κ1) is 20.7. The Morgan fingerprint density at radius 2 is 1.87 bits per heavy atom. The van der Waals surface area contributed by atoms with Crippen LogP contribution in [-0.4, -0.2) is 49.4 Å². The third kappa shape index (κ3) is 3.81. The molecule has 7 heteroatoms. The molecule has 2 aromatic heterocycles. The van der Waals surface area contributed by atoms with Crippen molar-refractivity contribution in [3.8, 4) is 0 Å². The van der Waals surface area contributed by atoms with Gasteiger partial charge in [0.1, 0.15) is 0 Å². The van der Waals surface area contributed by atoms with Gasteiger partial charge in [-0.2, -0.15) is 0 Å². The fraction of sp³-hybridized carbons (Fsp3) is 0.708. The zero-order valence-electron chi connectivity index (χ0n) is 18.9. The number of amides is 1. The molecule has 1 atom stereocenters. The lowest BCUT2D eigenvalue weighted by Gasteiger charge is -2.42. The van der Waals surface area contributed by atoms with E-state index in [2.05, 4.69) is 16.1 Å². The molecule has 168 valence electrons. The number of fused-ring (bicyclic) bond motifs is 2. The molecule has 0 spiro atoms. The van der Waals surface area contributed by atoms with E-state index in [9.17, 15) is 9.59 Å². The Labute approximate surface area is 183 Å². The number of rotatable bonds is 3. The third-order valence-corrected chi connectivity index (χ3v) is 7.53. The molecule has 5 rings (SSSR count). The minimum atomic E-state index is -0.0600. The van der Waals surface area contributed by atoms with Crippen LogP contribution in [0.3, 0.4) is 0 Å². The van der Waals surface area contributed by atoms with Crippen molar-refractivity contribution in [2.45, 2.75) is 90.3 Å². The van der Waals surface area contributed by atoms with E-state index < -0.39 is 0 Å². The van der Waals surface area contributed by atoms with Gasteiger partial charge in [-0.1, -0.05) is 39.5 Å². The summed E-state index contributed by atoms with van der Waals surface area (Å²) in [5, 5.41) is 3.42. The molecule has 0 bridgehead atoms. The van der Waals surface area contributed by atoms with Crippen molar-refractivity contribution in [2.75, 3.05) is 13.1 Å². The lowest BCUT2D eigenvalue weighted by molar-refractivity contribution is -0.135. The number of likely N-dealkylation sites (tertiary alicyclic amines) is 1. The number of hydrogen-bond acceptors (Lipinski definition) is 4. The largest absolute Gasteiger partial charge is 0.337 e. The van der Waals surface area contributed by atoms with Crippen LogP contribution >= 0.6 is 0 Å². The summed E-state index contributed by atoms with van der Waals surface area (Å²) in [4.78, 5) is 35.1. The van der Waals surface area contributed by atoms with Crippen molar-refractivity contribution in [2.24, 2.45) is 5.92 Å². The number of nitrogens with one attached hydrogen (secondary N) is 1. The summed E-state index contributed by atoms with van der Waals surface area (Å²) < 4.78 is 1.62. The Hall–Kier alpha value is -2.15. The van der Waals surface area contributed by atoms with E-state index in [0.717, 1.165) is 30.0 Å². The van der Waals surface area contributed by atoms with Gasteiger partial charge in [-0.25, -0.2) is 9.50 Å². The summed E-state index contributed by atoms with van der Waals surface area (Å²) in [6, 6.07) is 3.10. The van der Waals surface area contributed by atoms with Crippen LogP contribution in [0.25, 0.3) is 5.65 Å². The molecule has 4 heterocycles. The van der Waals surface area contributed by atoms with Crippen LogP contribution in [-0.2, 0) is 17.8 Å². The maximum absolute atomic E-state index is 13.3. The number of aromatic nitrogens is 3. The predicted molar refractivity (Wildman–Crippen MR) is 120 cm³/mol. The topological polar surface area (TPSA) is 73.7 Å². The lowest BCUT2D eigenvalue weighted by Crippen LogP contribution is -2.42. The van der Waals surface area contributed by atoms with E-state index in [-0.39, 0.29) is 17.4 Å². The minimum Gasteiger partial charge on any atom is -0.337 e. The first-order valence-electron chi connectivity index (χ1n) is 12.2. The van der Waals surface area contributed by atoms with Crippen LogP contribution < -0.4 is 5.56 Å². The summed E-state index contributed by atoms with van der Waals surface area (Å²) in [5.74, 6) is 0.0443. The van der Waals surface area contributed by atoms with Crippen molar-refractivity contribution in [1.82, 2.24) is 24.4 Å². The first-order chi connectivity index (χ1) is 15.0. The average molecular weight is 426 g/mol. The van der Waals surface area contributed by atoms with Crippen LogP contribution in [0.4, 0.5) is 0 Å². The Kier molecular flexibility index (Phi) is 5.63. The molecule has 2 aromatic rings. The van der Waals surface area contributed by atoms with Crippen molar-refractivity contribution in [3.05, 3.63) is 33.4 Å². The summed E-state index contributed by atoms with van der Waals surface area (Å²) in [6.07, 6.45) is 10.9. The third-order valence-electron chi connectivity index (χ3n) is 7.53. The molecule has 1 saturated carbocycles. The second-order valence-corrected chi connectivity index (χ2v) is 9.95. The number of hydrogen-bond donors (Lipinski definition) is 1. The SMILES string of the molecule is CC(C)C(=O)N1CCc2nc3cc([C@@H]4CCCCN4C4CCCCC4)[nH]n3c(=O)c2C1. The number of piperidine rings is 1. The molecule has 0 radical (unpaired) electrons. The summed E-state index contributed by atoms with van der Waals surface area (Å²) >= 11 is 0. The van der Waals surface area contributed by atoms with Crippen molar-refractivity contribution < 1.29 is 4.79 Å². The van der Waals surface area contributed by atoms with Crippen LogP contribution in [0.1, 0.15) is 88.2 Å². The van der Waals surface area contributed by atoms with Gasteiger partial charge in [0.2, 0.25) is 5.91 Å². The highest BCUT2D eigenvalue weighted by atomic mass is 16.2. The Balaban J connectivity index is 1.47. The highest BCUT2D eigenvalue weighted by Gasteiger charge is 2.33. The van der Waals surface area contributed by atoms with Crippen LogP contribution in [0.15, 0.2) is 10.9 Å². The quantitative estimate of drug-likeness (QED) is 0.818. The molecule has 1 aliphatic carbocycles. The van der Waals surface area contributed by atoms with Crippen LogP contribution in [0.2, 0.25) is 0 Å². The van der Waals surface area contributed by atoms with Gasteiger partial charge < -0.3 is 4.90 Å². The summed E-state index contributed by atoms with van der Waals surface area (Å²) in [7, 11) is 0. The second-order valence-electron chi connectivity index (χ2n) is 9.95. The Bertz CT molecular complexity index is 1020. The van der Waals surface area contributed by atoms with Crippen molar-refractivity contribution >= 4 is 11.6 Å². The zero-order valence-corrected chi connectivity index (χ0v) is 18.9. The molecule has 1 N–H and O–H groups in total. The highest BCUT2D eigenvalue weighted by molar-refractivity contribution is 5.78. The molecule has 0 aromatic carbocycles. The van der Waals surface area contributed by atoms with E-state index in [1.165, 1.54) is 44.9 Å². The van der Waals surface area contributed by atoms with Gasteiger partial charge >= 0.3 is 0 Å². The number of carbonyl (C=O) groups is 1. The van der Waals surface area contributed by atoms with Gasteiger partial charge in [-0.15, -0.1) is 0 Å². The van der Waals surface area contributed by atoms with E-state index in [0.29, 0.717) is 37.2 Å². The number of nitrogens with zero attached hydrogens (tertiary/aromatic N) is 4. The molecule has 2 aliphatic heterocycles. The van der Waals surface area contributed by atoms with Gasteiger partial charge in [0.25, 0.3) is 5.56 Å². The minimum absolute atomic E-state index is 0.0486. The number of H-pyrrole nitrogens is 1. The molecular weight excluding hydrogens is 390 g/mol. The number of carbonyl (C=O) groups excluding carboxylic acids is 1. The van der Waals surface area contributed by atoms with Gasteiger partial charge in [0.05, 0.1) is 29.5 Å². The summed E-state index contributed by atoms with van der Waals surface area (Å²) in [6.45, 7) is 5.97. The molecule has 31 heavy (non-hydrogen) atoms. The van der Waals surface area contributed by atoms with E-state index in [1.54, 1.807) is 9.42 Å². The molecule has 2 fully saturated rings. The van der Waals surface area contributed by atoms with Crippen LogP contribution in [0.5, 0.6) is 0 Å². The zero-order chi connectivity index (χ0) is 21.5. The highest BCUT2D eigenvalue weighted by Crippen LogP contribution is 2.36. The maximum Gasteiger partial charge on any atom is 0.277 e. The molecule has 0 unspecified atom stereocenters. The molecule has 7 nitrogen and oxygen atoms in total. The second kappa shape index (κ2) is 8.41. The maximum atomic E-state index is 13.3. The fourth-order valence-corrected chi connectivity index (χ4v) is 5.86. The van der Waals surface area contributed by atoms with E-state index in [1.807, 2.05) is 13.8 Å². The predicted octanol–water partition coefficient (Wildman–Crippen LogP) is 3.42. The normalized spacial score (nSPS) is 23.5. The standard InChI is InChI=1S/C24H35N5O2/c1-16(2)23(30)27-13-11-19-18(15-27)24(31)29-22(25-19)14-20(26-29)21-10-6-7-12-28(21)17-8-4-3-5-9-17/h14,16-17,21,26H,3-13,15H2,1-2H3/t21-/m0/s1. The van der Waals surface area contributed by atoms with Crippen LogP contribution in [0, 0.1) is 5.92 Å². The van der Waals surface area contributed by atoms with Crippen molar-refractivity contribution in [1.29, 1.82) is 0 Å². The average Bonchev–Trinajstić information content (AvgIpc) is 3.23. The Morgan fingerprint density at radius 1 is 1.10 bits per heavy atom. The molecule has 1 saturated heterocycles. The summed E-state index contributed by atoms with van der Waals surface area (Å²) in [5.41, 5.74) is 3.31.